The predicted octanol–water partition coefficient (Wildman–Crippen LogP) is 2.14. The van der Waals surface area contributed by atoms with Crippen LogP contribution in [-0.4, -0.2) is 25.5 Å². The number of sulfonamides is 1. The first-order valence-electron chi connectivity index (χ1n) is 6.33. The first kappa shape index (κ1) is 14.7. The number of thioether (sulfide) groups is 1. The minimum absolute atomic E-state index is 0.00448. The van der Waals surface area contributed by atoms with Crippen LogP contribution in [0.3, 0.4) is 0 Å². The summed E-state index contributed by atoms with van der Waals surface area (Å²) in [6, 6.07) is 5.14. The van der Waals surface area contributed by atoms with Gasteiger partial charge in [-0.15, -0.1) is 0 Å². The number of nitrogen functional groups attached to an aromatic ring is 1. The lowest BCUT2D eigenvalue weighted by Gasteiger charge is -2.23. The second-order valence-electron chi connectivity index (χ2n) is 5.22. The van der Waals surface area contributed by atoms with E-state index in [1.807, 2.05) is 11.8 Å². The standard InChI is InChI=1S/C13H20N2O2S2/c1-10-5-3-6-11(14)12(10)19(16,17)15-9-13(2)7-4-8-18-13/h3,5-6,15H,4,7-9,14H2,1-2H3. The van der Waals surface area contributed by atoms with Crippen LogP contribution in [0.4, 0.5) is 5.69 Å². The molecule has 0 radical (unpaired) electrons. The topological polar surface area (TPSA) is 72.2 Å². The first-order valence-corrected chi connectivity index (χ1v) is 8.80. The summed E-state index contributed by atoms with van der Waals surface area (Å²) in [5, 5.41) is 0. The molecular weight excluding hydrogens is 280 g/mol. The van der Waals surface area contributed by atoms with E-state index >= 15 is 0 Å². The van der Waals surface area contributed by atoms with Gasteiger partial charge in [-0.1, -0.05) is 12.1 Å². The van der Waals surface area contributed by atoms with Crippen molar-refractivity contribution in [3.8, 4) is 0 Å². The van der Waals surface area contributed by atoms with Gasteiger partial charge in [-0.25, -0.2) is 13.1 Å². The molecule has 1 aromatic carbocycles. The quantitative estimate of drug-likeness (QED) is 0.836. The van der Waals surface area contributed by atoms with Crippen molar-refractivity contribution < 1.29 is 8.42 Å². The molecule has 1 unspecified atom stereocenters. The number of nitrogens with one attached hydrogen (secondary N) is 1. The van der Waals surface area contributed by atoms with Crippen molar-refractivity contribution in [2.24, 2.45) is 0 Å². The smallest absolute Gasteiger partial charge is 0.242 e. The van der Waals surface area contributed by atoms with Crippen LogP contribution in [-0.2, 0) is 10.0 Å². The Morgan fingerprint density at radius 3 is 2.79 bits per heavy atom. The minimum atomic E-state index is -3.54. The lowest BCUT2D eigenvalue weighted by atomic mass is 10.1. The molecule has 1 aliphatic rings. The zero-order valence-corrected chi connectivity index (χ0v) is 12.9. The SMILES string of the molecule is Cc1cccc(N)c1S(=O)(=O)NCC1(C)CCCS1. The summed E-state index contributed by atoms with van der Waals surface area (Å²) in [6.07, 6.45) is 2.19. The zero-order chi connectivity index (χ0) is 14.1. The Kier molecular flexibility index (Phi) is 4.13. The van der Waals surface area contributed by atoms with Crippen LogP contribution in [0.1, 0.15) is 25.3 Å². The molecule has 1 saturated heterocycles. The van der Waals surface area contributed by atoms with Gasteiger partial charge in [0.05, 0.1) is 5.69 Å². The summed E-state index contributed by atoms with van der Waals surface area (Å²) in [7, 11) is -3.54. The number of hydrogen-bond acceptors (Lipinski definition) is 4. The highest BCUT2D eigenvalue weighted by atomic mass is 32.2. The first-order chi connectivity index (χ1) is 8.84. The van der Waals surface area contributed by atoms with Crippen LogP contribution in [0, 0.1) is 6.92 Å². The molecule has 1 aliphatic heterocycles. The number of rotatable bonds is 4. The highest BCUT2D eigenvalue weighted by Gasteiger charge is 2.31. The second kappa shape index (κ2) is 5.34. The van der Waals surface area contributed by atoms with Gasteiger partial charge in [0.2, 0.25) is 10.0 Å². The maximum atomic E-state index is 12.4. The van der Waals surface area contributed by atoms with Crippen LogP contribution in [0.2, 0.25) is 0 Å². The van der Waals surface area contributed by atoms with Gasteiger partial charge in [0.15, 0.2) is 0 Å². The highest BCUT2D eigenvalue weighted by Crippen LogP contribution is 2.37. The van der Waals surface area contributed by atoms with Gasteiger partial charge in [-0.3, -0.25) is 0 Å². The summed E-state index contributed by atoms with van der Waals surface area (Å²) < 4.78 is 27.5. The van der Waals surface area contributed by atoms with Gasteiger partial charge in [0, 0.05) is 11.3 Å². The van der Waals surface area contributed by atoms with E-state index in [0.29, 0.717) is 17.8 Å². The number of benzene rings is 1. The van der Waals surface area contributed by atoms with E-state index in [0.717, 1.165) is 18.6 Å². The molecule has 1 aromatic rings. The number of anilines is 1. The minimum Gasteiger partial charge on any atom is -0.398 e. The molecule has 0 bridgehead atoms. The molecule has 0 saturated carbocycles. The fourth-order valence-electron chi connectivity index (χ4n) is 2.34. The molecule has 2 rings (SSSR count). The Balaban J connectivity index is 2.19. The Labute approximate surface area is 119 Å². The molecule has 0 aromatic heterocycles. The van der Waals surface area contributed by atoms with E-state index in [1.165, 1.54) is 0 Å². The van der Waals surface area contributed by atoms with Crippen LogP contribution in [0.5, 0.6) is 0 Å². The molecule has 6 heteroatoms. The van der Waals surface area contributed by atoms with Crippen LogP contribution < -0.4 is 10.5 Å². The molecule has 106 valence electrons. The third-order valence-corrected chi connectivity index (χ3v) is 6.61. The van der Waals surface area contributed by atoms with Crippen molar-refractivity contribution in [3.05, 3.63) is 23.8 Å². The van der Waals surface area contributed by atoms with Gasteiger partial charge in [-0.05, 0) is 44.1 Å². The van der Waals surface area contributed by atoms with Gasteiger partial charge in [-0.2, -0.15) is 11.8 Å². The summed E-state index contributed by atoms with van der Waals surface area (Å²) >= 11 is 1.83. The number of hydrogen-bond donors (Lipinski definition) is 2. The van der Waals surface area contributed by atoms with Crippen molar-refractivity contribution in [1.82, 2.24) is 4.72 Å². The zero-order valence-electron chi connectivity index (χ0n) is 11.3. The Hall–Kier alpha value is -0.720. The van der Waals surface area contributed by atoms with Crippen molar-refractivity contribution >= 4 is 27.5 Å². The van der Waals surface area contributed by atoms with E-state index in [2.05, 4.69) is 11.6 Å². The Morgan fingerprint density at radius 2 is 2.21 bits per heavy atom. The van der Waals surface area contributed by atoms with Crippen LogP contribution in [0.15, 0.2) is 23.1 Å². The van der Waals surface area contributed by atoms with Gasteiger partial charge < -0.3 is 5.73 Å². The average molecular weight is 300 g/mol. The van der Waals surface area contributed by atoms with E-state index in [-0.39, 0.29) is 9.64 Å². The molecule has 1 atom stereocenters. The number of aryl methyl sites for hydroxylation is 1. The highest BCUT2D eigenvalue weighted by molar-refractivity contribution is 8.01. The Bertz CT molecular complexity index is 544. The van der Waals surface area contributed by atoms with E-state index < -0.39 is 10.0 Å². The molecule has 3 N–H and O–H groups in total. The molecule has 0 amide bonds. The van der Waals surface area contributed by atoms with Crippen molar-refractivity contribution in [3.63, 3.8) is 0 Å². The molecule has 4 nitrogen and oxygen atoms in total. The van der Waals surface area contributed by atoms with E-state index in [1.54, 1.807) is 25.1 Å². The normalized spacial score (nSPS) is 23.7. The molecular formula is C13H20N2O2S2. The molecule has 1 fully saturated rings. The fourth-order valence-corrected chi connectivity index (χ4v) is 5.20. The Morgan fingerprint density at radius 1 is 1.47 bits per heavy atom. The second-order valence-corrected chi connectivity index (χ2v) is 8.61. The summed E-state index contributed by atoms with van der Waals surface area (Å²) in [4.78, 5) is 0.210. The fraction of sp³-hybridized carbons (Fsp3) is 0.538. The van der Waals surface area contributed by atoms with Crippen molar-refractivity contribution in [2.75, 3.05) is 18.0 Å². The van der Waals surface area contributed by atoms with Crippen molar-refractivity contribution in [2.45, 2.75) is 36.3 Å². The van der Waals surface area contributed by atoms with Gasteiger partial charge in [0.1, 0.15) is 4.90 Å². The van der Waals surface area contributed by atoms with Crippen LogP contribution >= 0.6 is 11.8 Å². The summed E-state index contributed by atoms with van der Waals surface area (Å²) in [5.41, 5.74) is 6.78. The third-order valence-electron chi connectivity index (χ3n) is 3.45. The van der Waals surface area contributed by atoms with E-state index in [9.17, 15) is 8.42 Å². The number of nitrogens with two attached hydrogens (primary N) is 1. The maximum Gasteiger partial charge on any atom is 0.242 e. The molecule has 0 aliphatic carbocycles. The maximum absolute atomic E-state index is 12.4. The van der Waals surface area contributed by atoms with E-state index in [4.69, 9.17) is 5.73 Å². The van der Waals surface area contributed by atoms with Crippen molar-refractivity contribution in [1.29, 1.82) is 0 Å². The summed E-state index contributed by atoms with van der Waals surface area (Å²) in [5.74, 6) is 1.10. The van der Waals surface area contributed by atoms with Gasteiger partial charge >= 0.3 is 0 Å². The van der Waals surface area contributed by atoms with Crippen LogP contribution in [0.25, 0.3) is 0 Å². The predicted molar refractivity (Wildman–Crippen MR) is 80.9 cm³/mol. The molecule has 0 spiro atoms. The monoisotopic (exact) mass is 300 g/mol. The van der Waals surface area contributed by atoms with Gasteiger partial charge in [0.25, 0.3) is 0 Å². The lowest BCUT2D eigenvalue weighted by molar-refractivity contribution is 0.552. The average Bonchev–Trinajstić information content (AvgIpc) is 2.74. The lowest BCUT2D eigenvalue weighted by Crippen LogP contribution is -2.37. The largest absolute Gasteiger partial charge is 0.398 e. The molecule has 1 heterocycles. The summed E-state index contributed by atoms with van der Waals surface area (Å²) in [6.45, 7) is 4.32. The molecule has 19 heavy (non-hydrogen) atoms. The third kappa shape index (κ3) is 3.24.